The molecule has 0 atom stereocenters. The molecule has 0 spiro atoms. The summed E-state index contributed by atoms with van der Waals surface area (Å²) in [6.45, 7) is 0.479. The van der Waals surface area contributed by atoms with Crippen LogP contribution in [0, 0.1) is 5.92 Å². The summed E-state index contributed by atoms with van der Waals surface area (Å²) in [5.41, 5.74) is 0.579. The lowest BCUT2D eigenvalue weighted by Crippen LogP contribution is -2.10. The van der Waals surface area contributed by atoms with E-state index in [2.05, 4.69) is 5.32 Å². The first-order valence-electron chi connectivity index (χ1n) is 9.39. The van der Waals surface area contributed by atoms with Crippen LogP contribution in [0.3, 0.4) is 0 Å². The number of nitrogens with one attached hydrogen (secondary N) is 1. The predicted molar refractivity (Wildman–Crippen MR) is 109 cm³/mol. The van der Waals surface area contributed by atoms with E-state index in [4.69, 9.17) is 33.0 Å². The highest BCUT2D eigenvalue weighted by atomic mass is 35.5. The maximum Gasteiger partial charge on any atom is 0.416 e. The van der Waals surface area contributed by atoms with Gasteiger partial charge in [-0.3, -0.25) is 4.79 Å². The molecule has 0 saturated heterocycles. The molecule has 0 aromatic heterocycles. The molecule has 0 radical (unpaired) electrons. The highest BCUT2D eigenvalue weighted by molar-refractivity contribution is 6.37. The number of anilines is 1. The van der Waals surface area contributed by atoms with E-state index in [1.807, 2.05) is 0 Å². The Balaban J connectivity index is 1.75. The van der Waals surface area contributed by atoms with Gasteiger partial charge in [-0.25, -0.2) is 0 Å². The minimum absolute atomic E-state index is 0.0757. The Kier molecular flexibility index (Phi) is 7.03. The van der Waals surface area contributed by atoms with Gasteiger partial charge in [-0.15, -0.1) is 0 Å². The van der Waals surface area contributed by atoms with Crippen LogP contribution in [0.15, 0.2) is 30.3 Å². The first-order valence-corrected chi connectivity index (χ1v) is 10.1. The number of carboxylic acid groups (broad SMARTS) is 1. The highest BCUT2D eigenvalue weighted by Crippen LogP contribution is 2.37. The van der Waals surface area contributed by atoms with Gasteiger partial charge in [-0.2, -0.15) is 13.2 Å². The number of hydrogen-bond acceptors (Lipinski definition) is 3. The Morgan fingerprint density at radius 2 is 1.77 bits per heavy atom. The molecule has 1 aliphatic carbocycles. The molecular formula is C21H20Cl2F3NO3. The molecule has 162 valence electrons. The first-order chi connectivity index (χ1) is 14.1. The molecule has 2 aromatic rings. The average Bonchev–Trinajstić information content (AvgIpc) is 3.47. The van der Waals surface area contributed by atoms with Crippen molar-refractivity contribution in [2.75, 3.05) is 11.9 Å². The molecular weight excluding hydrogens is 442 g/mol. The van der Waals surface area contributed by atoms with Crippen molar-refractivity contribution >= 4 is 34.9 Å². The molecule has 1 aliphatic rings. The Morgan fingerprint density at radius 3 is 2.33 bits per heavy atom. The van der Waals surface area contributed by atoms with Gasteiger partial charge in [0.15, 0.2) is 5.75 Å². The lowest BCUT2D eigenvalue weighted by atomic mass is 10.1. The van der Waals surface area contributed by atoms with Crippen molar-refractivity contribution in [3.8, 4) is 5.75 Å². The quantitative estimate of drug-likeness (QED) is 0.451. The van der Waals surface area contributed by atoms with Crippen LogP contribution in [0.2, 0.25) is 10.0 Å². The summed E-state index contributed by atoms with van der Waals surface area (Å²) in [6, 6.07) is 6.82. The van der Waals surface area contributed by atoms with E-state index in [0.29, 0.717) is 29.3 Å². The van der Waals surface area contributed by atoms with Crippen LogP contribution in [0.5, 0.6) is 5.75 Å². The molecule has 0 unspecified atom stereocenters. The second-order valence-corrected chi connectivity index (χ2v) is 8.13. The number of carbonyl (C=O) groups is 1. The van der Waals surface area contributed by atoms with E-state index in [0.717, 1.165) is 25.0 Å². The molecule has 2 N–H and O–H groups in total. The highest BCUT2D eigenvalue weighted by Gasteiger charge is 2.31. The second kappa shape index (κ2) is 9.35. The Morgan fingerprint density at radius 1 is 1.10 bits per heavy atom. The number of alkyl halides is 3. The first kappa shape index (κ1) is 22.6. The monoisotopic (exact) mass is 461 g/mol. The maximum atomic E-state index is 13.3. The van der Waals surface area contributed by atoms with Crippen LogP contribution in [0.1, 0.15) is 36.0 Å². The fraction of sp³-hybridized carbons (Fsp3) is 0.381. The van der Waals surface area contributed by atoms with Crippen molar-refractivity contribution in [2.45, 2.75) is 38.5 Å². The van der Waals surface area contributed by atoms with Crippen molar-refractivity contribution in [1.82, 2.24) is 0 Å². The second-order valence-electron chi connectivity index (χ2n) is 7.31. The van der Waals surface area contributed by atoms with Gasteiger partial charge in [0.05, 0.1) is 15.6 Å². The topological polar surface area (TPSA) is 58.6 Å². The third-order valence-corrected chi connectivity index (χ3v) is 5.24. The van der Waals surface area contributed by atoms with Crippen LogP contribution in [0.4, 0.5) is 18.9 Å². The fourth-order valence-corrected chi connectivity index (χ4v) is 3.57. The number of ether oxygens (including phenoxy) is 1. The minimum atomic E-state index is -4.48. The number of benzene rings is 2. The summed E-state index contributed by atoms with van der Waals surface area (Å²) in [7, 11) is 0. The molecule has 2 aromatic carbocycles. The van der Waals surface area contributed by atoms with Crippen molar-refractivity contribution in [2.24, 2.45) is 5.92 Å². The van der Waals surface area contributed by atoms with Crippen molar-refractivity contribution < 1.29 is 27.8 Å². The van der Waals surface area contributed by atoms with E-state index in [9.17, 15) is 18.0 Å². The third-order valence-electron chi connectivity index (χ3n) is 4.68. The Labute approximate surface area is 181 Å². The van der Waals surface area contributed by atoms with Gasteiger partial charge in [-0.1, -0.05) is 23.2 Å². The lowest BCUT2D eigenvalue weighted by Gasteiger charge is -2.15. The zero-order valence-corrected chi connectivity index (χ0v) is 17.4. The molecule has 0 bridgehead atoms. The van der Waals surface area contributed by atoms with Crippen LogP contribution >= 0.6 is 23.2 Å². The van der Waals surface area contributed by atoms with Gasteiger partial charge in [0, 0.05) is 18.7 Å². The fourth-order valence-electron chi connectivity index (χ4n) is 2.93. The molecule has 1 fully saturated rings. The maximum absolute atomic E-state index is 13.3. The lowest BCUT2D eigenvalue weighted by molar-refractivity contribution is -0.138. The molecule has 4 nitrogen and oxygen atoms in total. The molecule has 0 aliphatic heterocycles. The predicted octanol–water partition coefficient (Wildman–Crippen LogP) is 6.43. The largest absolute Gasteiger partial charge is 0.486 e. The number of hydrogen-bond donors (Lipinski definition) is 2. The minimum Gasteiger partial charge on any atom is -0.486 e. The number of carboxylic acids is 1. The normalized spacial score (nSPS) is 13.9. The zero-order chi connectivity index (χ0) is 21.9. The van der Waals surface area contributed by atoms with Gasteiger partial charge >= 0.3 is 12.1 Å². The number of rotatable bonds is 9. The summed E-state index contributed by atoms with van der Waals surface area (Å²) in [4.78, 5) is 10.7. The van der Waals surface area contributed by atoms with E-state index in [1.54, 1.807) is 18.2 Å². The molecule has 3 rings (SSSR count). The van der Waals surface area contributed by atoms with Crippen LogP contribution in [-0.2, 0) is 24.0 Å². The van der Waals surface area contributed by atoms with E-state index < -0.39 is 17.7 Å². The zero-order valence-electron chi connectivity index (χ0n) is 15.9. The average molecular weight is 462 g/mol. The summed E-state index contributed by atoms with van der Waals surface area (Å²) in [5.74, 6) is -0.294. The van der Waals surface area contributed by atoms with Gasteiger partial charge in [-0.05, 0) is 66.6 Å². The van der Waals surface area contributed by atoms with E-state index >= 15 is 0 Å². The van der Waals surface area contributed by atoms with Crippen LogP contribution in [-0.4, -0.2) is 17.6 Å². The third kappa shape index (κ3) is 6.44. The van der Waals surface area contributed by atoms with Crippen molar-refractivity contribution in [3.05, 3.63) is 57.1 Å². The number of aliphatic carboxylic acids is 1. The summed E-state index contributed by atoms with van der Waals surface area (Å²) in [5, 5.41) is 12.2. The summed E-state index contributed by atoms with van der Waals surface area (Å²) in [6.07, 6.45) is -2.14. The number of halogens is 5. The molecule has 30 heavy (non-hydrogen) atoms. The molecule has 0 heterocycles. The smallest absolute Gasteiger partial charge is 0.416 e. The van der Waals surface area contributed by atoms with Gasteiger partial charge in [0.2, 0.25) is 0 Å². The van der Waals surface area contributed by atoms with Crippen LogP contribution < -0.4 is 10.1 Å². The summed E-state index contributed by atoms with van der Waals surface area (Å²) < 4.78 is 45.4. The van der Waals surface area contributed by atoms with Crippen LogP contribution in [0.25, 0.3) is 0 Å². The van der Waals surface area contributed by atoms with E-state index in [1.165, 1.54) is 0 Å². The number of aryl methyl sites for hydroxylation is 1. The van der Waals surface area contributed by atoms with E-state index in [-0.39, 0.29) is 35.2 Å². The van der Waals surface area contributed by atoms with Crippen molar-refractivity contribution in [3.63, 3.8) is 0 Å². The van der Waals surface area contributed by atoms with Gasteiger partial charge in [0.1, 0.15) is 6.61 Å². The standard InChI is InChI=1S/C21H20Cl2F3NO3/c22-17-7-13(3-4-19(28)29)8-18(23)20(17)30-11-14-5-15(21(24,25)26)9-16(6-14)27-10-12-1-2-12/h5-9,12,27H,1-4,10-11H2,(H,28,29). The SMILES string of the molecule is O=C(O)CCc1cc(Cl)c(OCc2cc(NCC3CC3)cc(C(F)(F)F)c2)c(Cl)c1. The Bertz CT molecular complexity index is 907. The molecule has 1 saturated carbocycles. The Hall–Kier alpha value is -2.12. The van der Waals surface area contributed by atoms with Crippen molar-refractivity contribution in [1.29, 1.82) is 0 Å². The molecule has 0 amide bonds. The van der Waals surface area contributed by atoms with Gasteiger partial charge in [0.25, 0.3) is 0 Å². The summed E-state index contributed by atoms with van der Waals surface area (Å²) >= 11 is 12.4. The molecule has 9 heteroatoms. The van der Waals surface area contributed by atoms with Gasteiger partial charge < -0.3 is 15.2 Å².